The van der Waals surface area contributed by atoms with E-state index in [9.17, 15) is 4.79 Å². The molecule has 1 N–H and O–H groups in total. The molecule has 0 fully saturated rings. The Morgan fingerprint density at radius 3 is 2.42 bits per heavy atom. The van der Waals surface area contributed by atoms with Crippen molar-refractivity contribution in [2.45, 2.75) is 13.5 Å². The minimum atomic E-state index is -0.187. The van der Waals surface area contributed by atoms with Gasteiger partial charge in [-0.15, -0.1) is 0 Å². The number of amides is 1. The van der Waals surface area contributed by atoms with Crippen LogP contribution in [0.4, 0.5) is 0 Å². The number of aromatic nitrogens is 2. The molecule has 166 valence electrons. The van der Waals surface area contributed by atoms with Crippen molar-refractivity contribution < 1.29 is 14.3 Å². The second kappa shape index (κ2) is 9.96. The molecule has 0 aliphatic heterocycles. The van der Waals surface area contributed by atoms with Crippen LogP contribution in [0.25, 0.3) is 22.3 Å². The third-order valence-corrected chi connectivity index (χ3v) is 5.28. The summed E-state index contributed by atoms with van der Waals surface area (Å²) in [7, 11) is 3.09. The normalized spacial score (nSPS) is 10.5. The molecular formula is C27H25N3O3. The molecule has 33 heavy (non-hydrogen) atoms. The van der Waals surface area contributed by atoms with Crippen molar-refractivity contribution >= 4 is 5.91 Å². The smallest absolute Gasteiger partial charge is 0.257 e. The fourth-order valence-corrected chi connectivity index (χ4v) is 3.63. The minimum absolute atomic E-state index is 0.187. The van der Waals surface area contributed by atoms with Gasteiger partial charge < -0.3 is 14.8 Å². The number of hydrogen-bond donors (Lipinski definition) is 1. The Balaban J connectivity index is 1.66. The highest BCUT2D eigenvalue weighted by Crippen LogP contribution is 2.29. The quantitative estimate of drug-likeness (QED) is 0.435. The van der Waals surface area contributed by atoms with Crippen molar-refractivity contribution in [3.8, 4) is 33.9 Å². The molecule has 0 aliphatic carbocycles. The first kappa shape index (κ1) is 22.0. The van der Waals surface area contributed by atoms with Crippen molar-refractivity contribution in [3.05, 3.63) is 95.9 Å². The van der Waals surface area contributed by atoms with Crippen LogP contribution in [0.5, 0.6) is 11.6 Å². The molecule has 4 rings (SSSR count). The lowest BCUT2D eigenvalue weighted by Gasteiger charge is -2.14. The number of carbonyl (C=O) groups excluding carboxylic acids is 1. The largest absolute Gasteiger partial charge is 0.491 e. The molecule has 1 amide bonds. The van der Waals surface area contributed by atoms with Gasteiger partial charge in [-0.2, -0.15) is 0 Å². The first-order valence-corrected chi connectivity index (χ1v) is 10.6. The average Bonchev–Trinajstić information content (AvgIpc) is 2.87. The number of pyridine rings is 2. The fraction of sp³-hybridized carbons (Fsp3) is 0.148. The summed E-state index contributed by atoms with van der Waals surface area (Å²) in [6, 6.07) is 21.4. The number of benzene rings is 2. The lowest BCUT2D eigenvalue weighted by molar-refractivity contribution is 0.0951. The van der Waals surface area contributed by atoms with E-state index < -0.39 is 0 Å². The third-order valence-electron chi connectivity index (χ3n) is 5.28. The summed E-state index contributed by atoms with van der Waals surface area (Å²) in [5.41, 5.74) is 6.04. The van der Waals surface area contributed by atoms with Gasteiger partial charge >= 0.3 is 0 Å². The van der Waals surface area contributed by atoms with E-state index in [0.29, 0.717) is 22.9 Å². The van der Waals surface area contributed by atoms with Crippen LogP contribution in [-0.4, -0.2) is 30.1 Å². The minimum Gasteiger partial charge on any atom is -0.491 e. The summed E-state index contributed by atoms with van der Waals surface area (Å²) >= 11 is 0. The molecule has 0 aliphatic rings. The zero-order chi connectivity index (χ0) is 23.2. The summed E-state index contributed by atoms with van der Waals surface area (Å²) in [4.78, 5) is 22.0. The zero-order valence-corrected chi connectivity index (χ0v) is 18.8. The maximum Gasteiger partial charge on any atom is 0.257 e. The number of carbonyl (C=O) groups is 1. The molecule has 2 aromatic carbocycles. The van der Waals surface area contributed by atoms with Crippen molar-refractivity contribution in [1.82, 2.24) is 15.3 Å². The number of rotatable bonds is 7. The van der Waals surface area contributed by atoms with Gasteiger partial charge in [0.2, 0.25) is 0 Å². The van der Waals surface area contributed by atoms with E-state index in [0.717, 1.165) is 27.8 Å². The van der Waals surface area contributed by atoms with Crippen LogP contribution in [-0.2, 0) is 6.54 Å². The first-order valence-electron chi connectivity index (χ1n) is 10.6. The summed E-state index contributed by atoms with van der Waals surface area (Å²) < 4.78 is 10.5. The Bertz CT molecular complexity index is 1270. The molecule has 0 spiro atoms. The molecule has 4 aromatic rings. The van der Waals surface area contributed by atoms with Gasteiger partial charge in [0.25, 0.3) is 11.8 Å². The Hall–Kier alpha value is -4.19. The maximum atomic E-state index is 13.3. The maximum absolute atomic E-state index is 13.3. The Morgan fingerprint density at radius 2 is 1.70 bits per heavy atom. The molecule has 0 bridgehead atoms. The molecule has 0 atom stereocenters. The Morgan fingerprint density at radius 1 is 0.879 bits per heavy atom. The van der Waals surface area contributed by atoms with Crippen molar-refractivity contribution in [2.75, 3.05) is 14.2 Å². The standard InChI is InChI=1S/C27H25N3O3/c1-18-13-21(16-28-15-18)20-9-11-23(19-7-5-4-6-8-19)24(14-20)26(31)29-17-22-10-12-25(32-2)27(30-22)33-3/h4-16H,17H2,1-3H3,(H,29,31). The number of aryl methyl sites for hydroxylation is 1. The van der Waals surface area contributed by atoms with E-state index in [2.05, 4.69) is 21.4 Å². The van der Waals surface area contributed by atoms with Gasteiger partial charge in [-0.05, 0) is 53.4 Å². The lowest BCUT2D eigenvalue weighted by Crippen LogP contribution is -2.24. The van der Waals surface area contributed by atoms with Gasteiger partial charge in [-0.25, -0.2) is 4.98 Å². The third kappa shape index (κ3) is 5.01. The van der Waals surface area contributed by atoms with Crippen LogP contribution in [0, 0.1) is 6.92 Å². The number of nitrogens with one attached hydrogen (secondary N) is 1. The molecule has 0 saturated carbocycles. The van der Waals surface area contributed by atoms with Crippen LogP contribution < -0.4 is 14.8 Å². The summed E-state index contributed by atoms with van der Waals surface area (Å²) in [5.74, 6) is 0.731. The van der Waals surface area contributed by atoms with Crippen LogP contribution in [0.15, 0.2) is 79.1 Å². The first-order chi connectivity index (χ1) is 16.1. The summed E-state index contributed by atoms with van der Waals surface area (Å²) in [6.07, 6.45) is 3.62. The highest BCUT2D eigenvalue weighted by molar-refractivity contribution is 6.02. The van der Waals surface area contributed by atoms with Crippen LogP contribution in [0.3, 0.4) is 0 Å². The second-order valence-electron chi connectivity index (χ2n) is 7.57. The van der Waals surface area contributed by atoms with Gasteiger partial charge in [-0.3, -0.25) is 9.78 Å². The topological polar surface area (TPSA) is 73.3 Å². The number of methoxy groups -OCH3 is 2. The van der Waals surface area contributed by atoms with E-state index in [1.54, 1.807) is 25.4 Å². The van der Waals surface area contributed by atoms with E-state index in [1.165, 1.54) is 7.11 Å². The molecule has 0 saturated heterocycles. The molecular weight excluding hydrogens is 414 g/mol. The summed E-state index contributed by atoms with van der Waals surface area (Å²) in [6.45, 7) is 2.25. The number of nitrogens with zero attached hydrogens (tertiary/aromatic N) is 2. The van der Waals surface area contributed by atoms with E-state index >= 15 is 0 Å². The lowest BCUT2D eigenvalue weighted by atomic mass is 9.94. The van der Waals surface area contributed by atoms with Crippen molar-refractivity contribution in [2.24, 2.45) is 0 Å². The second-order valence-corrected chi connectivity index (χ2v) is 7.57. The van der Waals surface area contributed by atoms with Gasteiger partial charge in [0.1, 0.15) is 0 Å². The van der Waals surface area contributed by atoms with Crippen LogP contribution in [0.2, 0.25) is 0 Å². The van der Waals surface area contributed by atoms with Crippen molar-refractivity contribution in [1.29, 1.82) is 0 Å². The van der Waals surface area contributed by atoms with Gasteiger partial charge in [-0.1, -0.05) is 42.5 Å². The molecule has 2 heterocycles. The average molecular weight is 440 g/mol. The zero-order valence-electron chi connectivity index (χ0n) is 18.8. The van der Waals surface area contributed by atoms with Gasteiger partial charge in [0, 0.05) is 23.5 Å². The van der Waals surface area contributed by atoms with E-state index in [1.807, 2.05) is 61.7 Å². The number of ether oxygens (including phenoxy) is 2. The van der Waals surface area contributed by atoms with Gasteiger partial charge in [0.05, 0.1) is 26.5 Å². The highest BCUT2D eigenvalue weighted by Gasteiger charge is 2.15. The van der Waals surface area contributed by atoms with Crippen LogP contribution >= 0.6 is 0 Å². The highest BCUT2D eigenvalue weighted by atomic mass is 16.5. The molecule has 0 radical (unpaired) electrons. The molecule has 2 aromatic heterocycles. The summed E-state index contributed by atoms with van der Waals surface area (Å²) in [5, 5.41) is 2.99. The van der Waals surface area contributed by atoms with E-state index in [-0.39, 0.29) is 12.5 Å². The predicted octanol–water partition coefficient (Wildman–Crippen LogP) is 5.07. The Kier molecular flexibility index (Phi) is 6.64. The molecule has 6 heteroatoms. The monoisotopic (exact) mass is 439 g/mol. The van der Waals surface area contributed by atoms with Crippen LogP contribution in [0.1, 0.15) is 21.6 Å². The predicted molar refractivity (Wildman–Crippen MR) is 128 cm³/mol. The van der Waals surface area contributed by atoms with E-state index in [4.69, 9.17) is 9.47 Å². The van der Waals surface area contributed by atoms with Gasteiger partial charge in [0.15, 0.2) is 5.75 Å². The Labute approximate surface area is 193 Å². The fourth-order valence-electron chi connectivity index (χ4n) is 3.63. The number of hydrogen-bond acceptors (Lipinski definition) is 5. The SMILES string of the molecule is COc1ccc(CNC(=O)c2cc(-c3cncc(C)c3)ccc2-c2ccccc2)nc1OC. The molecule has 6 nitrogen and oxygen atoms in total. The molecule has 0 unspecified atom stereocenters. The van der Waals surface area contributed by atoms with Crippen molar-refractivity contribution in [3.63, 3.8) is 0 Å².